The molecule has 0 fully saturated rings. The van der Waals surface area contributed by atoms with Crippen LogP contribution < -0.4 is 5.32 Å². The lowest BCUT2D eigenvalue weighted by molar-refractivity contribution is 0.0953. The maximum Gasteiger partial charge on any atom is 0.251 e. The van der Waals surface area contributed by atoms with Gasteiger partial charge in [-0.1, -0.05) is 44.0 Å². The minimum Gasteiger partial charge on any atom is -0.352 e. The third-order valence-electron chi connectivity index (χ3n) is 4.20. The molecule has 2 rings (SSSR count). The smallest absolute Gasteiger partial charge is 0.251 e. The van der Waals surface area contributed by atoms with Crippen LogP contribution >= 0.6 is 11.6 Å². The summed E-state index contributed by atoms with van der Waals surface area (Å²) in [7, 11) is -3.61. The molecule has 7 heteroatoms. The van der Waals surface area contributed by atoms with Gasteiger partial charge in [0, 0.05) is 30.2 Å². The molecular weight excluding hydrogens is 384 g/mol. The molecule has 1 N–H and O–H groups in total. The highest BCUT2D eigenvalue weighted by Gasteiger charge is 2.23. The molecule has 146 valence electrons. The summed E-state index contributed by atoms with van der Waals surface area (Å²) >= 11 is 5.84. The second-order valence-electron chi connectivity index (χ2n) is 6.19. The van der Waals surface area contributed by atoms with Crippen molar-refractivity contribution < 1.29 is 13.2 Å². The number of sulfonamides is 1. The fourth-order valence-corrected chi connectivity index (χ4v) is 4.13. The van der Waals surface area contributed by atoms with Crippen molar-refractivity contribution in [1.29, 1.82) is 0 Å². The number of hydrogen-bond donors (Lipinski definition) is 1. The second-order valence-corrected chi connectivity index (χ2v) is 8.57. The summed E-state index contributed by atoms with van der Waals surface area (Å²) < 4.78 is 27.0. The minimum atomic E-state index is -3.61. The van der Waals surface area contributed by atoms with Gasteiger partial charge < -0.3 is 5.32 Å². The summed E-state index contributed by atoms with van der Waals surface area (Å²) in [6.45, 7) is 5.09. The van der Waals surface area contributed by atoms with Crippen LogP contribution in [-0.2, 0) is 16.6 Å². The van der Waals surface area contributed by atoms with Gasteiger partial charge in [-0.25, -0.2) is 8.42 Å². The predicted octanol–water partition coefficient (Wildman–Crippen LogP) is 4.08. The van der Waals surface area contributed by atoms with Gasteiger partial charge in [-0.2, -0.15) is 4.31 Å². The zero-order valence-electron chi connectivity index (χ0n) is 15.6. The molecule has 0 saturated carbocycles. The molecule has 0 heterocycles. The van der Waals surface area contributed by atoms with Crippen molar-refractivity contribution in [3.63, 3.8) is 0 Å². The Morgan fingerprint density at radius 1 is 1.04 bits per heavy atom. The Labute approximate surface area is 166 Å². The summed E-state index contributed by atoms with van der Waals surface area (Å²) in [6.07, 6.45) is 1.96. The number of benzene rings is 2. The van der Waals surface area contributed by atoms with Crippen LogP contribution in [0.4, 0.5) is 0 Å². The SMILES string of the molecule is CCCCNC(=O)c1ccc(CN(CC)S(=O)(=O)c2ccc(Cl)cc2)cc1. The number of amides is 1. The molecular formula is C20H25ClN2O3S. The highest BCUT2D eigenvalue weighted by molar-refractivity contribution is 7.89. The monoisotopic (exact) mass is 408 g/mol. The highest BCUT2D eigenvalue weighted by atomic mass is 35.5. The molecule has 0 aromatic heterocycles. The van der Waals surface area contributed by atoms with Crippen LogP contribution in [0, 0.1) is 0 Å². The molecule has 0 spiro atoms. The zero-order valence-corrected chi connectivity index (χ0v) is 17.2. The number of carbonyl (C=O) groups is 1. The average Bonchev–Trinajstić information content (AvgIpc) is 2.67. The normalized spacial score (nSPS) is 11.6. The summed E-state index contributed by atoms with van der Waals surface area (Å²) in [5, 5.41) is 3.36. The minimum absolute atomic E-state index is 0.115. The van der Waals surface area contributed by atoms with Gasteiger partial charge in [0.1, 0.15) is 0 Å². The number of halogens is 1. The number of rotatable bonds is 9. The maximum atomic E-state index is 12.8. The second kappa shape index (κ2) is 9.88. The van der Waals surface area contributed by atoms with Gasteiger partial charge in [0.15, 0.2) is 0 Å². The third-order valence-corrected chi connectivity index (χ3v) is 6.38. The van der Waals surface area contributed by atoms with Gasteiger partial charge in [-0.3, -0.25) is 4.79 Å². The molecule has 0 saturated heterocycles. The van der Waals surface area contributed by atoms with E-state index in [2.05, 4.69) is 12.2 Å². The van der Waals surface area contributed by atoms with Crippen molar-refractivity contribution in [3.8, 4) is 0 Å². The van der Waals surface area contributed by atoms with Crippen LogP contribution in [0.25, 0.3) is 0 Å². The van der Waals surface area contributed by atoms with E-state index in [-0.39, 0.29) is 17.3 Å². The Bertz CT molecular complexity index is 850. The van der Waals surface area contributed by atoms with E-state index in [1.807, 2.05) is 0 Å². The van der Waals surface area contributed by atoms with E-state index in [4.69, 9.17) is 11.6 Å². The van der Waals surface area contributed by atoms with Crippen molar-refractivity contribution in [2.24, 2.45) is 0 Å². The number of nitrogens with zero attached hydrogens (tertiary/aromatic N) is 1. The van der Waals surface area contributed by atoms with Crippen LogP contribution in [-0.4, -0.2) is 31.7 Å². The van der Waals surface area contributed by atoms with E-state index in [0.29, 0.717) is 23.7 Å². The summed E-state index contributed by atoms with van der Waals surface area (Å²) in [5.41, 5.74) is 1.39. The molecule has 0 radical (unpaired) electrons. The van der Waals surface area contributed by atoms with E-state index < -0.39 is 10.0 Å². The molecule has 5 nitrogen and oxygen atoms in total. The summed E-state index contributed by atoms with van der Waals surface area (Å²) in [5.74, 6) is -0.115. The molecule has 2 aromatic rings. The van der Waals surface area contributed by atoms with Crippen LogP contribution in [0.3, 0.4) is 0 Å². The van der Waals surface area contributed by atoms with Crippen molar-refractivity contribution in [2.75, 3.05) is 13.1 Å². The number of hydrogen-bond acceptors (Lipinski definition) is 3. The van der Waals surface area contributed by atoms with Crippen molar-refractivity contribution in [1.82, 2.24) is 9.62 Å². The Kier molecular flexibility index (Phi) is 7.83. The Morgan fingerprint density at radius 3 is 2.22 bits per heavy atom. The van der Waals surface area contributed by atoms with Crippen molar-refractivity contribution in [3.05, 3.63) is 64.7 Å². The van der Waals surface area contributed by atoms with E-state index in [1.54, 1.807) is 43.3 Å². The van der Waals surface area contributed by atoms with Crippen molar-refractivity contribution in [2.45, 2.75) is 38.1 Å². The average molecular weight is 409 g/mol. The van der Waals surface area contributed by atoms with E-state index in [9.17, 15) is 13.2 Å². The molecule has 0 aliphatic carbocycles. The first kappa shape index (κ1) is 21.4. The Balaban J connectivity index is 2.09. The third kappa shape index (κ3) is 5.79. The van der Waals surface area contributed by atoms with Gasteiger partial charge >= 0.3 is 0 Å². The molecule has 0 bridgehead atoms. The van der Waals surface area contributed by atoms with Gasteiger partial charge in [-0.15, -0.1) is 0 Å². The number of unbranched alkanes of at least 4 members (excludes halogenated alkanes) is 1. The number of carbonyl (C=O) groups excluding carboxylic acids is 1. The molecule has 27 heavy (non-hydrogen) atoms. The van der Waals surface area contributed by atoms with Crippen LogP contribution in [0.5, 0.6) is 0 Å². The summed E-state index contributed by atoms with van der Waals surface area (Å²) in [4.78, 5) is 12.3. The predicted molar refractivity (Wildman–Crippen MR) is 108 cm³/mol. The largest absolute Gasteiger partial charge is 0.352 e. The molecule has 1 amide bonds. The molecule has 2 aromatic carbocycles. The topological polar surface area (TPSA) is 66.5 Å². The fourth-order valence-electron chi connectivity index (χ4n) is 2.57. The van der Waals surface area contributed by atoms with E-state index >= 15 is 0 Å². The van der Waals surface area contributed by atoms with E-state index in [0.717, 1.165) is 18.4 Å². The Hall–Kier alpha value is -1.89. The quantitative estimate of drug-likeness (QED) is 0.635. The standard InChI is InChI=1S/C20H25ClN2O3S/c1-3-5-14-22-20(24)17-8-6-16(7-9-17)15-23(4-2)27(25,26)19-12-10-18(21)11-13-19/h6-13H,3-5,14-15H2,1-2H3,(H,22,24). The van der Waals surface area contributed by atoms with Gasteiger partial charge in [0.2, 0.25) is 10.0 Å². The first-order chi connectivity index (χ1) is 12.9. The Morgan fingerprint density at radius 2 is 1.67 bits per heavy atom. The molecule has 0 aliphatic heterocycles. The highest BCUT2D eigenvalue weighted by Crippen LogP contribution is 2.20. The van der Waals surface area contributed by atoms with Crippen LogP contribution in [0.1, 0.15) is 42.6 Å². The van der Waals surface area contributed by atoms with Gasteiger partial charge in [-0.05, 0) is 48.4 Å². The number of nitrogens with one attached hydrogen (secondary N) is 1. The zero-order chi connectivity index (χ0) is 19.9. The lowest BCUT2D eigenvalue weighted by atomic mass is 10.1. The molecule has 0 aliphatic rings. The summed E-state index contributed by atoms with van der Waals surface area (Å²) in [6, 6.07) is 13.2. The fraction of sp³-hybridized carbons (Fsp3) is 0.350. The van der Waals surface area contributed by atoms with Crippen LogP contribution in [0.2, 0.25) is 5.02 Å². The molecule has 0 unspecified atom stereocenters. The molecule has 0 atom stereocenters. The van der Waals surface area contributed by atoms with Gasteiger partial charge in [0.05, 0.1) is 4.90 Å². The maximum absolute atomic E-state index is 12.8. The lowest BCUT2D eigenvalue weighted by Crippen LogP contribution is -2.30. The van der Waals surface area contributed by atoms with Crippen molar-refractivity contribution >= 4 is 27.5 Å². The van der Waals surface area contributed by atoms with Gasteiger partial charge in [0.25, 0.3) is 5.91 Å². The first-order valence-corrected chi connectivity index (χ1v) is 10.8. The lowest BCUT2D eigenvalue weighted by Gasteiger charge is -2.21. The first-order valence-electron chi connectivity index (χ1n) is 9.01. The van der Waals surface area contributed by atoms with E-state index in [1.165, 1.54) is 16.4 Å². The van der Waals surface area contributed by atoms with Crippen LogP contribution in [0.15, 0.2) is 53.4 Å².